The van der Waals surface area contributed by atoms with E-state index < -0.39 is 0 Å². The van der Waals surface area contributed by atoms with Gasteiger partial charge in [-0.2, -0.15) is 5.26 Å². The van der Waals surface area contributed by atoms with Crippen LogP contribution in [0.15, 0.2) is 48.5 Å². The molecule has 0 spiro atoms. The van der Waals surface area contributed by atoms with Crippen LogP contribution in [0.4, 0.5) is 0 Å². The van der Waals surface area contributed by atoms with Crippen LogP contribution >= 0.6 is 0 Å². The molecule has 0 saturated heterocycles. The third-order valence-electron chi connectivity index (χ3n) is 2.22. The van der Waals surface area contributed by atoms with E-state index in [1.165, 1.54) is 7.14 Å². The summed E-state index contributed by atoms with van der Waals surface area (Å²) in [6.45, 7) is 0. The molecule has 0 amide bonds. The topological polar surface area (TPSA) is 33.0 Å². The van der Waals surface area contributed by atoms with Crippen molar-refractivity contribution in [3.63, 3.8) is 0 Å². The summed E-state index contributed by atoms with van der Waals surface area (Å²) in [5, 5.41) is 8.84. The molecule has 0 N–H and O–H groups in total. The summed E-state index contributed by atoms with van der Waals surface area (Å²) in [4.78, 5) is 0. The summed E-state index contributed by atoms with van der Waals surface area (Å²) >= 11 is -0.219. The molecule has 0 bridgehead atoms. The fraction of sp³-hybridized carbons (Fsp3) is 0.0714. The minimum atomic E-state index is -0.219. The molecule has 0 atom stereocenters. The number of nitriles is 1. The van der Waals surface area contributed by atoms with E-state index in [9.17, 15) is 0 Å². The van der Waals surface area contributed by atoms with Gasteiger partial charge in [0.2, 0.25) is 0 Å². The van der Waals surface area contributed by atoms with Gasteiger partial charge in [-0.15, -0.1) is 0 Å². The maximum Gasteiger partial charge on any atom is 0.357 e. The van der Waals surface area contributed by atoms with Gasteiger partial charge >= 0.3 is 21.2 Å². The Morgan fingerprint density at radius 1 is 1.06 bits per heavy atom. The second-order valence-corrected chi connectivity index (χ2v) is 6.41. The largest absolute Gasteiger partial charge is 1.00 e. The van der Waals surface area contributed by atoms with Crippen LogP contribution in [0.25, 0.3) is 0 Å². The molecule has 2 nitrogen and oxygen atoms in total. The highest BCUT2D eigenvalue weighted by atomic mass is 127. The van der Waals surface area contributed by atoms with Crippen LogP contribution in [0.3, 0.4) is 0 Å². The summed E-state index contributed by atoms with van der Waals surface area (Å²) in [5.74, 6) is 0.878. The second-order valence-electron chi connectivity index (χ2n) is 3.37. The summed E-state index contributed by atoms with van der Waals surface area (Å²) in [6, 6.07) is 18.1. The van der Waals surface area contributed by atoms with Crippen molar-refractivity contribution in [3.05, 3.63) is 61.2 Å². The van der Waals surface area contributed by atoms with Crippen molar-refractivity contribution < 1.29 is 30.6 Å². The van der Waals surface area contributed by atoms with Gasteiger partial charge in [0.1, 0.15) is 5.75 Å². The second kappa shape index (κ2) is 6.97. The molecular weight excluding hydrogens is 344 g/mol. The SMILES string of the molecule is COc1ccc([I+]c2cccc(C#N)c2)cc1.[F-]. The highest BCUT2D eigenvalue weighted by molar-refractivity contribution is 5.27. The Hall–Kier alpha value is -1.61. The van der Waals surface area contributed by atoms with Gasteiger partial charge in [0.15, 0.2) is 7.14 Å². The smallest absolute Gasteiger partial charge is 0.357 e. The van der Waals surface area contributed by atoms with Crippen LogP contribution in [0.5, 0.6) is 5.75 Å². The van der Waals surface area contributed by atoms with Gasteiger partial charge in [0, 0.05) is 6.07 Å². The molecule has 0 aliphatic rings. The van der Waals surface area contributed by atoms with Crippen LogP contribution in [0, 0.1) is 18.5 Å². The molecular formula is C14H11FINO. The van der Waals surface area contributed by atoms with Crippen LogP contribution < -0.4 is 30.6 Å². The molecule has 0 unspecified atom stereocenters. The quantitative estimate of drug-likeness (QED) is 0.541. The third kappa shape index (κ3) is 3.70. The molecule has 0 radical (unpaired) electrons. The molecule has 0 heterocycles. The average molecular weight is 355 g/mol. The molecule has 0 fully saturated rings. The Morgan fingerprint density at radius 2 is 1.78 bits per heavy atom. The third-order valence-corrected chi connectivity index (χ3v) is 4.86. The lowest BCUT2D eigenvalue weighted by molar-refractivity contribution is -0.597. The van der Waals surface area contributed by atoms with Crippen molar-refractivity contribution in [2.45, 2.75) is 0 Å². The van der Waals surface area contributed by atoms with E-state index in [0.717, 1.165) is 11.3 Å². The van der Waals surface area contributed by atoms with Gasteiger partial charge in [0.25, 0.3) is 0 Å². The Balaban J connectivity index is 0.00000162. The van der Waals surface area contributed by atoms with Gasteiger partial charge in [-0.05, 0) is 36.4 Å². The highest BCUT2D eigenvalue weighted by Gasteiger charge is 2.15. The summed E-state index contributed by atoms with van der Waals surface area (Å²) in [5.41, 5.74) is 0.732. The average Bonchev–Trinajstić information content (AvgIpc) is 2.40. The van der Waals surface area contributed by atoms with E-state index in [4.69, 9.17) is 10.00 Å². The zero-order valence-electron chi connectivity index (χ0n) is 9.73. The molecule has 2 aromatic rings. The van der Waals surface area contributed by atoms with E-state index in [0.29, 0.717) is 0 Å². The van der Waals surface area contributed by atoms with E-state index >= 15 is 0 Å². The van der Waals surface area contributed by atoms with E-state index in [1.807, 2.05) is 30.3 Å². The minimum absolute atomic E-state index is 0. The van der Waals surface area contributed by atoms with Crippen molar-refractivity contribution in [1.82, 2.24) is 0 Å². The number of hydrogen-bond donors (Lipinski definition) is 0. The van der Waals surface area contributed by atoms with Crippen molar-refractivity contribution in [3.8, 4) is 11.8 Å². The zero-order chi connectivity index (χ0) is 12.1. The first kappa shape index (κ1) is 14.5. The number of halogens is 2. The molecule has 4 heteroatoms. The standard InChI is InChI=1S/C14H11INO.FH/c1-17-14-7-5-12(6-8-14)15-13-4-2-3-11(9-13)10-16;/h2-9H,1H3;1H/q+1;/p-1. The number of rotatable bonds is 3. The molecule has 92 valence electrons. The molecule has 2 aromatic carbocycles. The number of methoxy groups -OCH3 is 1. The monoisotopic (exact) mass is 355 g/mol. The molecule has 18 heavy (non-hydrogen) atoms. The van der Waals surface area contributed by atoms with Gasteiger partial charge < -0.3 is 9.44 Å². The van der Waals surface area contributed by atoms with Gasteiger partial charge in [0.05, 0.1) is 18.7 Å². The van der Waals surface area contributed by atoms with Crippen LogP contribution in [-0.4, -0.2) is 7.11 Å². The normalized spacial score (nSPS) is 9.11. The number of hydrogen-bond acceptors (Lipinski definition) is 2. The lowest BCUT2D eigenvalue weighted by atomic mass is 10.2. The van der Waals surface area contributed by atoms with Crippen molar-refractivity contribution >= 4 is 0 Å². The Morgan fingerprint density at radius 3 is 2.39 bits per heavy atom. The Labute approximate surface area is 116 Å². The summed E-state index contributed by atoms with van der Waals surface area (Å²) in [7, 11) is 1.67. The summed E-state index contributed by atoms with van der Waals surface area (Å²) < 4.78 is 7.70. The lowest BCUT2D eigenvalue weighted by Crippen LogP contribution is -3.61. The molecule has 0 aliphatic carbocycles. The van der Waals surface area contributed by atoms with Gasteiger partial charge in [-0.1, -0.05) is 6.07 Å². The lowest BCUT2D eigenvalue weighted by Gasteiger charge is -1.95. The van der Waals surface area contributed by atoms with Crippen molar-refractivity contribution in [2.75, 3.05) is 7.11 Å². The van der Waals surface area contributed by atoms with Crippen LogP contribution in [0.1, 0.15) is 5.56 Å². The minimum Gasteiger partial charge on any atom is -1.00 e. The number of benzene rings is 2. The van der Waals surface area contributed by atoms with E-state index in [-0.39, 0.29) is 25.9 Å². The maximum atomic E-state index is 8.84. The first-order valence-corrected chi connectivity index (χ1v) is 7.26. The predicted octanol–water partition coefficient (Wildman–Crippen LogP) is -3.30. The Kier molecular flexibility index (Phi) is 5.59. The Bertz CT molecular complexity index is 548. The van der Waals surface area contributed by atoms with Gasteiger partial charge in [-0.3, -0.25) is 0 Å². The predicted molar refractivity (Wildman–Crippen MR) is 61.5 cm³/mol. The zero-order valence-corrected chi connectivity index (χ0v) is 11.9. The molecule has 2 rings (SSSR count). The molecule has 0 saturated carbocycles. The fourth-order valence-electron chi connectivity index (χ4n) is 1.38. The van der Waals surface area contributed by atoms with Gasteiger partial charge in [-0.25, -0.2) is 0 Å². The van der Waals surface area contributed by atoms with Crippen molar-refractivity contribution in [1.29, 1.82) is 5.26 Å². The summed E-state index contributed by atoms with van der Waals surface area (Å²) in [6.07, 6.45) is 0. The van der Waals surface area contributed by atoms with E-state index in [2.05, 4.69) is 24.3 Å². The van der Waals surface area contributed by atoms with Crippen LogP contribution in [-0.2, 0) is 0 Å². The molecule has 0 aromatic heterocycles. The highest BCUT2D eigenvalue weighted by Crippen LogP contribution is 2.06. The first-order valence-electron chi connectivity index (χ1n) is 5.11. The van der Waals surface area contributed by atoms with Crippen LogP contribution in [0.2, 0.25) is 0 Å². The fourth-order valence-corrected chi connectivity index (χ4v) is 3.69. The maximum absolute atomic E-state index is 8.84. The number of nitrogens with zero attached hydrogens (tertiary/aromatic N) is 1. The van der Waals surface area contributed by atoms with E-state index in [1.54, 1.807) is 7.11 Å². The number of ether oxygens (including phenoxy) is 1. The van der Waals surface area contributed by atoms with Crippen molar-refractivity contribution in [2.24, 2.45) is 0 Å². The first-order chi connectivity index (χ1) is 8.31. The molecule has 0 aliphatic heterocycles.